The molecule has 3 rings (SSSR count). The van der Waals surface area contributed by atoms with E-state index >= 15 is 0 Å². The Kier molecular flexibility index (Phi) is 4.49. The molecular formula is C17H17ClN2O2. The Hall–Kier alpha value is -2.20. The molecular weight excluding hydrogens is 300 g/mol. The van der Waals surface area contributed by atoms with Gasteiger partial charge < -0.3 is 14.1 Å². The second-order valence-corrected chi connectivity index (χ2v) is 5.28. The Morgan fingerprint density at radius 2 is 1.91 bits per heavy atom. The number of alkyl halides is 1. The molecule has 4 nitrogen and oxygen atoms in total. The summed E-state index contributed by atoms with van der Waals surface area (Å²) >= 11 is 5.76. The average Bonchev–Trinajstić information content (AvgIpc) is 2.99. The molecule has 0 aliphatic heterocycles. The van der Waals surface area contributed by atoms with Gasteiger partial charge in [-0.25, -0.2) is 0 Å². The predicted octanol–water partition coefficient (Wildman–Crippen LogP) is 4.08. The van der Waals surface area contributed by atoms with E-state index in [1.807, 2.05) is 60.5 Å². The first-order valence-electron chi connectivity index (χ1n) is 7.10. The van der Waals surface area contributed by atoms with E-state index in [4.69, 9.17) is 20.8 Å². The molecule has 0 fully saturated rings. The molecule has 1 aromatic heterocycles. The van der Waals surface area contributed by atoms with Gasteiger partial charge in [0, 0.05) is 12.9 Å². The van der Waals surface area contributed by atoms with Crippen molar-refractivity contribution in [1.82, 2.24) is 4.98 Å². The maximum Gasteiger partial charge on any atom is 0.298 e. The lowest BCUT2D eigenvalue weighted by Crippen LogP contribution is -2.23. The molecule has 0 saturated heterocycles. The van der Waals surface area contributed by atoms with E-state index < -0.39 is 0 Å². The number of hydrogen-bond acceptors (Lipinski definition) is 4. The van der Waals surface area contributed by atoms with Crippen LogP contribution in [0.4, 0.5) is 6.01 Å². The van der Waals surface area contributed by atoms with Crippen molar-refractivity contribution < 1.29 is 9.15 Å². The minimum absolute atomic E-state index is 0.515. The topological polar surface area (TPSA) is 38.5 Å². The number of fused-ring (bicyclic) bond motifs is 1. The number of likely N-dealkylation sites (N-methyl/N-ethyl adjacent to an activating group) is 1. The van der Waals surface area contributed by atoms with Crippen molar-refractivity contribution in [2.24, 2.45) is 0 Å². The van der Waals surface area contributed by atoms with Crippen LogP contribution in [0.25, 0.3) is 11.1 Å². The largest absolute Gasteiger partial charge is 0.492 e. The van der Waals surface area contributed by atoms with Crippen molar-refractivity contribution in [3.05, 3.63) is 54.1 Å². The highest BCUT2D eigenvalue weighted by Crippen LogP contribution is 2.20. The highest BCUT2D eigenvalue weighted by atomic mass is 35.5. The van der Waals surface area contributed by atoms with E-state index in [1.54, 1.807) is 0 Å². The minimum Gasteiger partial charge on any atom is -0.492 e. The van der Waals surface area contributed by atoms with Gasteiger partial charge in [-0.3, -0.25) is 0 Å². The molecule has 0 atom stereocenters. The number of ether oxygens (including phenoxy) is 1. The van der Waals surface area contributed by atoms with Gasteiger partial charge in [0.15, 0.2) is 5.58 Å². The molecule has 0 spiro atoms. The van der Waals surface area contributed by atoms with Crippen LogP contribution in [0.2, 0.25) is 0 Å². The predicted molar refractivity (Wildman–Crippen MR) is 88.8 cm³/mol. The van der Waals surface area contributed by atoms with Crippen LogP contribution in [0.5, 0.6) is 5.75 Å². The second kappa shape index (κ2) is 6.71. The van der Waals surface area contributed by atoms with Gasteiger partial charge in [0.2, 0.25) is 0 Å². The maximum atomic E-state index is 5.76. The Balaban J connectivity index is 1.56. The number of anilines is 1. The molecule has 5 heteroatoms. The van der Waals surface area contributed by atoms with Crippen molar-refractivity contribution in [3.63, 3.8) is 0 Å². The van der Waals surface area contributed by atoms with Gasteiger partial charge >= 0.3 is 0 Å². The third-order valence-corrected chi connectivity index (χ3v) is 3.69. The van der Waals surface area contributed by atoms with E-state index in [2.05, 4.69) is 4.98 Å². The van der Waals surface area contributed by atoms with E-state index in [-0.39, 0.29) is 0 Å². The Morgan fingerprint density at radius 3 is 2.64 bits per heavy atom. The van der Waals surface area contributed by atoms with Gasteiger partial charge in [-0.05, 0) is 29.8 Å². The molecule has 3 aromatic rings. The zero-order valence-corrected chi connectivity index (χ0v) is 13.1. The Labute approximate surface area is 134 Å². The molecule has 0 N–H and O–H groups in total. The van der Waals surface area contributed by atoms with Crippen molar-refractivity contribution in [3.8, 4) is 5.75 Å². The van der Waals surface area contributed by atoms with Crippen molar-refractivity contribution >= 4 is 28.7 Å². The summed E-state index contributed by atoms with van der Waals surface area (Å²) in [5.41, 5.74) is 2.74. The standard InChI is InChI=1S/C17H17ClN2O2/c1-20(17-19-15-4-2-3-5-16(15)22-17)10-11-21-14-8-6-13(12-18)7-9-14/h2-9H,10-12H2,1H3. The molecule has 0 aliphatic carbocycles. The number of oxazole rings is 1. The normalized spacial score (nSPS) is 10.8. The summed E-state index contributed by atoms with van der Waals surface area (Å²) in [6, 6.07) is 16.1. The Morgan fingerprint density at radius 1 is 1.14 bits per heavy atom. The highest BCUT2D eigenvalue weighted by Gasteiger charge is 2.09. The van der Waals surface area contributed by atoms with Crippen LogP contribution < -0.4 is 9.64 Å². The number of rotatable bonds is 6. The number of aromatic nitrogens is 1. The highest BCUT2D eigenvalue weighted by molar-refractivity contribution is 6.17. The second-order valence-electron chi connectivity index (χ2n) is 5.01. The number of nitrogens with zero attached hydrogens (tertiary/aromatic N) is 2. The van der Waals surface area contributed by atoms with Gasteiger partial charge in [0.25, 0.3) is 6.01 Å². The van der Waals surface area contributed by atoms with E-state index in [1.165, 1.54) is 0 Å². The summed E-state index contributed by atoms with van der Waals surface area (Å²) in [5, 5.41) is 0. The third-order valence-electron chi connectivity index (χ3n) is 3.38. The summed E-state index contributed by atoms with van der Waals surface area (Å²) in [4.78, 5) is 6.39. The lowest BCUT2D eigenvalue weighted by molar-refractivity contribution is 0.323. The molecule has 22 heavy (non-hydrogen) atoms. The summed E-state index contributed by atoms with van der Waals surface area (Å²) in [7, 11) is 1.94. The van der Waals surface area contributed by atoms with Crippen LogP contribution in [-0.2, 0) is 5.88 Å². The number of hydrogen-bond donors (Lipinski definition) is 0. The van der Waals surface area contributed by atoms with Crippen LogP contribution in [-0.4, -0.2) is 25.2 Å². The van der Waals surface area contributed by atoms with Crippen LogP contribution in [0.15, 0.2) is 52.9 Å². The first-order valence-corrected chi connectivity index (χ1v) is 7.64. The molecule has 2 aromatic carbocycles. The number of para-hydroxylation sites is 2. The van der Waals surface area contributed by atoms with Gasteiger partial charge in [0.1, 0.15) is 17.9 Å². The zero-order valence-electron chi connectivity index (χ0n) is 12.3. The molecule has 114 valence electrons. The molecule has 0 saturated carbocycles. The van der Waals surface area contributed by atoms with Crippen molar-refractivity contribution in [2.75, 3.05) is 25.1 Å². The monoisotopic (exact) mass is 316 g/mol. The molecule has 0 unspecified atom stereocenters. The first-order chi connectivity index (χ1) is 10.8. The van der Waals surface area contributed by atoms with Gasteiger partial charge in [-0.2, -0.15) is 4.98 Å². The Bertz CT molecular complexity index is 707. The lowest BCUT2D eigenvalue weighted by atomic mass is 10.2. The molecule has 0 bridgehead atoms. The first kappa shape index (κ1) is 14.7. The number of halogens is 1. The number of benzene rings is 2. The molecule has 0 radical (unpaired) electrons. The van der Waals surface area contributed by atoms with E-state index in [0.717, 1.165) is 22.4 Å². The third kappa shape index (κ3) is 3.34. The average molecular weight is 317 g/mol. The maximum absolute atomic E-state index is 5.76. The lowest BCUT2D eigenvalue weighted by Gasteiger charge is -2.14. The van der Waals surface area contributed by atoms with Crippen LogP contribution >= 0.6 is 11.6 Å². The zero-order chi connectivity index (χ0) is 15.4. The minimum atomic E-state index is 0.515. The SMILES string of the molecule is CN(CCOc1ccc(CCl)cc1)c1nc2ccccc2o1. The fraction of sp³-hybridized carbons (Fsp3) is 0.235. The fourth-order valence-electron chi connectivity index (χ4n) is 2.09. The molecule has 0 amide bonds. The van der Waals surface area contributed by atoms with Gasteiger partial charge in [-0.15, -0.1) is 11.6 Å². The fourth-order valence-corrected chi connectivity index (χ4v) is 2.27. The van der Waals surface area contributed by atoms with E-state index in [9.17, 15) is 0 Å². The van der Waals surface area contributed by atoms with Crippen LogP contribution in [0, 0.1) is 0 Å². The summed E-state index contributed by atoms with van der Waals surface area (Å²) in [6.07, 6.45) is 0. The van der Waals surface area contributed by atoms with Gasteiger partial charge in [0.05, 0.1) is 6.54 Å². The van der Waals surface area contributed by atoms with Crippen molar-refractivity contribution in [1.29, 1.82) is 0 Å². The van der Waals surface area contributed by atoms with Crippen LogP contribution in [0.3, 0.4) is 0 Å². The summed E-state index contributed by atoms with van der Waals surface area (Å²) in [5.74, 6) is 1.35. The quantitative estimate of drug-likeness (QED) is 0.642. The van der Waals surface area contributed by atoms with E-state index in [0.29, 0.717) is 25.0 Å². The van der Waals surface area contributed by atoms with Crippen molar-refractivity contribution in [2.45, 2.75) is 5.88 Å². The molecule has 0 aliphatic rings. The summed E-state index contributed by atoms with van der Waals surface area (Å²) < 4.78 is 11.4. The summed E-state index contributed by atoms with van der Waals surface area (Å²) in [6.45, 7) is 1.24. The van der Waals surface area contributed by atoms with Gasteiger partial charge in [-0.1, -0.05) is 24.3 Å². The molecule has 1 heterocycles. The smallest absolute Gasteiger partial charge is 0.298 e. The van der Waals surface area contributed by atoms with Crippen LogP contribution in [0.1, 0.15) is 5.56 Å².